The number of halogens is 2. The molecule has 0 bridgehead atoms. The van der Waals surface area contributed by atoms with Crippen molar-refractivity contribution in [3.05, 3.63) is 21.0 Å². The Kier molecular flexibility index (Phi) is 4.05. The highest BCUT2D eigenvalue weighted by Gasteiger charge is 2.22. The van der Waals surface area contributed by atoms with Crippen LogP contribution in [0.4, 0.5) is 0 Å². The average molecular weight is 352 g/mol. The summed E-state index contributed by atoms with van der Waals surface area (Å²) in [6, 6.07) is 2.29. The molecular weight excluding hydrogens is 340 g/mol. The number of furan rings is 1. The molecule has 1 fully saturated rings. The Hall–Kier alpha value is -0.330. The van der Waals surface area contributed by atoms with Crippen LogP contribution in [0.5, 0.6) is 0 Å². The highest BCUT2D eigenvalue weighted by atomic mass is 79.9. The lowest BCUT2D eigenvalue weighted by Gasteiger charge is -2.03. The number of carbonyl (C=O) groups is 1. The summed E-state index contributed by atoms with van der Waals surface area (Å²) in [6.07, 6.45) is 2.23. The molecule has 1 aromatic rings. The Labute approximate surface area is 110 Å². The van der Waals surface area contributed by atoms with Gasteiger partial charge in [0.1, 0.15) is 5.76 Å². The smallest absolute Gasteiger partial charge is 0.234 e. The lowest BCUT2D eigenvalue weighted by molar-refractivity contribution is -0.120. The van der Waals surface area contributed by atoms with Gasteiger partial charge in [0.2, 0.25) is 5.91 Å². The molecule has 0 spiro atoms. The molecule has 88 valence electrons. The van der Waals surface area contributed by atoms with Gasteiger partial charge in [-0.1, -0.05) is 0 Å². The van der Waals surface area contributed by atoms with Crippen molar-refractivity contribution in [1.29, 1.82) is 0 Å². The van der Waals surface area contributed by atoms with Crippen molar-refractivity contribution >= 4 is 37.8 Å². The molecular formula is C10H12Br2N2O2. The maximum atomic E-state index is 11.3. The number of hydrogen-bond acceptors (Lipinski definition) is 3. The summed E-state index contributed by atoms with van der Waals surface area (Å²) in [5.41, 5.74) is 0. The summed E-state index contributed by atoms with van der Waals surface area (Å²) >= 11 is 6.59. The Morgan fingerprint density at radius 3 is 2.81 bits per heavy atom. The fourth-order valence-electron chi connectivity index (χ4n) is 1.28. The number of nitrogens with one attached hydrogen (secondary N) is 2. The number of carbonyl (C=O) groups excluding carboxylic acids is 1. The molecule has 6 heteroatoms. The van der Waals surface area contributed by atoms with E-state index in [1.165, 1.54) is 0 Å². The van der Waals surface area contributed by atoms with Gasteiger partial charge in [-0.2, -0.15) is 0 Å². The molecule has 1 aliphatic rings. The SMILES string of the molecule is O=C(CNCc1cc(Br)c(Br)o1)NC1CC1. The third-order valence-corrected chi connectivity index (χ3v) is 3.93. The van der Waals surface area contributed by atoms with Crippen LogP contribution in [0.2, 0.25) is 0 Å². The Morgan fingerprint density at radius 2 is 2.25 bits per heavy atom. The van der Waals surface area contributed by atoms with Gasteiger partial charge in [0.05, 0.1) is 17.6 Å². The maximum absolute atomic E-state index is 11.3. The monoisotopic (exact) mass is 350 g/mol. The van der Waals surface area contributed by atoms with Crippen LogP contribution in [0.1, 0.15) is 18.6 Å². The lowest BCUT2D eigenvalue weighted by Crippen LogP contribution is -2.34. The van der Waals surface area contributed by atoms with Crippen molar-refractivity contribution in [2.45, 2.75) is 25.4 Å². The van der Waals surface area contributed by atoms with Gasteiger partial charge in [0.25, 0.3) is 0 Å². The number of hydrogen-bond donors (Lipinski definition) is 2. The van der Waals surface area contributed by atoms with Crippen LogP contribution in [0.3, 0.4) is 0 Å². The van der Waals surface area contributed by atoms with E-state index >= 15 is 0 Å². The minimum atomic E-state index is 0.0483. The molecule has 2 N–H and O–H groups in total. The maximum Gasteiger partial charge on any atom is 0.234 e. The van der Waals surface area contributed by atoms with Crippen molar-refractivity contribution in [3.8, 4) is 0 Å². The molecule has 1 heterocycles. The van der Waals surface area contributed by atoms with E-state index in [1.807, 2.05) is 6.07 Å². The van der Waals surface area contributed by atoms with Crippen LogP contribution < -0.4 is 10.6 Å². The molecule has 2 rings (SSSR count). The summed E-state index contributed by atoms with van der Waals surface area (Å²) in [7, 11) is 0. The van der Waals surface area contributed by atoms with Gasteiger partial charge in [0, 0.05) is 6.04 Å². The molecule has 16 heavy (non-hydrogen) atoms. The van der Waals surface area contributed by atoms with E-state index in [2.05, 4.69) is 42.5 Å². The van der Waals surface area contributed by atoms with Crippen LogP contribution in [-0.2, 0) is 11.3 Å². The largest absolute Gasteiger partial charge is 0.452 e. The fourth-order valence-corrected chi connectivity index (χ4v) is 1.94. The first-order valence-electron chi connectivity index (χ1n) is 5.09. The molecule has 1 amide bonds. The topological polar surface area (TPSA) is 54.3 Å². The highest BCUT2D eigenvalue weighted by Crippen LogP contribution is 2.26. The molecule has 4 nitrogen and oxygen atoms in total. The van der Waals surface area contributed by atoms with E-state index in [1.54, 1.807) is 0 Å². The molecule has 0 atom stereocenters. The molecule has 0 radical (unpaired) electrons. The van der Waals surface area contributed by atoms with Crippen molar-refractivity contribution in [2.24, 2.45) is 0 Å². The quantitative estimate of drug-likeness (QED) is 0.854. The van der Waals surface area contributed by atoms with Gasteiger partial charge >= 0.3 is 0 Å². The van der Waals surface area contributed by atoms with Crippen molar-refractivity contribution in [2.75, 3.05) is 6.54 Å². The van der Waals surface area contributed by atoms with Gasteiger partial charge in [-0.3, -0.25) is 4.79 Å². The molecule has 0 aliphatic heterocycles. The third-order valence-electron chi connectivity index (χ3n) is 2.22. The van der Waals surface area contributed by atoms with Crippen LogP contribution >= 0.6 is 31.9 Å². The summed E-state index contributed by atoms with van der Waals surface area (Å²) in [4.78, 5) is 11.3. The zero-order valence-electron chi connectivity index (χ0n) is 8.56. The fraction of sp³-hybridized carbons (Fsp3) is 0.500. The summed E-state index contributed by atoms with van der Waals surface area (Å²) in [5, 5.41) is 5.93. The zero-order chi connectivity index (χ0) is 11.5. The van der Waals surface area contributed by atoms with Crippen molar-refractivity contribution < 1.29 is 9.21 Å². The summed E-state index contributed by atoms with van der Waals surface area (Å²) < 4.78 is 6.92. The Morgan fingerprint density at radius 1 is 1.50 bits per heavy atom. The van der Waals surface area contributed by atoms with Gasteiger partial charge in [-0.15, -0.1) is 0 Å². The van der Waals surface area contributed by atoms with Gasteiger partial charge in [-0.25, -0.2) is 0 Å². The van der Waals surface area contributed by atoms with E-state index in [0.29, 0.717) is 23.8 Å². The van der Waals surface area contributed by atoms with E-state index in [-0.39, 0.29) is 5.91 Å². The van der Waals surface area contributed by atoms with E-state index < -0.39 is 0 Å². The van der Waals surface area contributed by atoms with E-state index in [4.69, 9.17) is 4.42 Å². The zero-order valence-corrected chi connectivity index (χ0v) is 11.7. The lowest BCUT2D eigenvalue weighted by atomic mass is 10.4. The van der Waals surface area contributed by atoms with Crippen LogP contribution in [0.15, 0.2) is 19.6 Å². The second-order valence-electron chi connectivity index (χ2n) is 3.78. The van der Waals surface area contributed by atoms with E-state index in [9.17, 15) is 4.79 Å². The second kappa shape index (κ2) is 5.33. The van der Waals surface area contributed by atoms with Crippen molar-refractivity contribution in [3.63, 3.8) is 0 Å². The standard InChI is InChI=1S/C10H12Br2N2O2/c11-8-3-7(16-10(8)12)4-13-5-9(15)14-6-1-2-6/h3,6,13H,1-2,4-5H2,(H,14,15). The normalized spacial score (nSPS) is 15.1. The molecule has 0 aromatic carbocycles. The minimum absolute atomic E-state index is 0.0483. The molecule has 0 saturated heterocycles. The Bertz CT molecular complexity index is 369. The molecule has 1 aliphatic carbocycles. The van der Waals surface area contributed by atoms with E-state index in [0.717, 1.165) is 23.1 Å². The summed E-state index contributed by atoms with van der Waals surface area (Å²) in [6.45, 7) is 0.870. The average Bonchev–Trinajstić information content (AvgIpc) is 2.95. The minimum Gasteiger partial charge on any atom is -0.452 e. The van der Waals surface area contributed by atoms with Gasteiger partial charge < -0.3 is 15.1 Å². The Balaban J connectivity index is 1.68. The molecule has 0 unspecified atom stereocenters. The van der Waals surface area contributed by atoms with Gasteiger partial charge in [0.15, 0.2) is 4.67 Å². The highest BCUT2D eigenvalue weighted by molar-refractivity contribution is 9.13. The molecule has 1 aromatic heterocycles. The second-order valence-corrected chi connectivity index (χ2v) is 5.35. The third kappa shape index (κ3) is 3.61. The number of rotatable bonds is 5. The molecule has 1 saturated carbocycles. The number of amides is 1. The first kappa shape index (κ1) is 12.1. The van der Waals surface area contributed by atoms with Crippen molar-refractivity contribution in [1.82, 2.24) is 10.6 Å². The predicted octanol–water partition coefficient (Wildman–Crippen LogP) is 2.17. The van der Waals surface area contributed by atoms with Gasteiger partial charge in [-0.05, 0) is 50.8 Å². The summed E-state index contributed by atoms with van der Waals surface area (Å²) in [5.74, 6) is 0.838. The first-order valence-corrected chi connectivity index (χ1v) is 6.67. The van der Waals surface area contributed by atoms with Crippen LogP contribution in [0.25, 0.3) is 0 Å². The van der Waals surface area contributed by atoms with Crippen LogP contribution in [0, 0.1) is 0 Å². The van der Waals surface area contributed by atoms with Crippen LogP contribution in [-0.4, -0.2) is 18.5 Å². The predicted molar refractivity (Wildman–Crippen MR) is 67.0 cm³/mol. The first-order chi connectivity index (χ1) is 7.65.